The zero-order chi connectivity index (χ0) is 20.7. The van der Waals surface area contributed by atoms with Crippen LogP contribution in [0.5, 0.6) is 0 Å². The van der Waals surface area contributed by atoms with Crippen LogP contribution in [0.2, 0.25) is 0 Å². The minimum absolute atomic E-state index is 0. The van der Waals surface area contributed by atoms with Crippen LogP contribution in [0.1, 0.15) is 0 Å². The van der Waals surface area contributed by atoms with Crippen LogP contribution in [0.4, 0.5) is 61.5 Å². The monoisotopic (exact) mass is 432 g/mol. The van der Waals surface area contributed by atoms with Crippen LogP contribution in [0.25, 0.3) is 0 Å². The molecule has 18 heteroatoms. The van der Waals surface area contributed by atoms with Crippen LogP contribution in [0.15, 0.2) is 0 Å². The van der Waals surface area contributed by atoms with E-state index in [9.17, 15) is 66.3 Å². The molecule has 0 unspecified atom stereocenters. The van der Waals surface area contributed by atoms with Gasteiger partial charge in [0.15, 0.2) is 0 Å². The van der Waals surface area contributed by atoms with Crippen molar-refractivity contribution in [1.82, 2.24) is 4.90 Å². The van der Waals surface area contributed by atoms with Crippen LogP contribution in [0.3, 0.4) is 0 Å². The first-order valence-electron chi connectivity index (χ1n) is 5.24. The molecular formula is C8HF14NNaO2. The molecule has 0 atom stereocenters. The molecule has 149 valence electrons. The van der Waals surface area contributed by atoms with E-state index in [1.165, 1.54) is 0 Å². The van der Waals surface area contributed by atoms with Crippen molar-refractivity contribution >= 4 is 35.5 Å². The molecule has 0 aliphatic carbocycles. The second-order valence-electron chi connectivity index (χ2n) is 4.56. The minimum atomic E-state index is -7.73. The van der Waals surface area contributed by atoms with Crippen molar-refractivity contribution in [2.24, 2.45) is 0 Å². The summed E-state index contributed by atoms with van der Waals surface area (Å²) < 4.78 is 182. The van der Waals surface area contributed by atoms with Gasteiger partial charge in [0, 0.05) is 29.6 Å². The molecule has 1 rings (SSSR count). The van der Waals surface area contributed by atoms with Crippen LogP contribution in [-0.4, -0.2) is 87.4 Å². The number of hydrogen-bond donors (Lipinski definition) is 1. The number of carbonyl (C=O) groups is 1. The Morgan fingerprint density at radius 1 is 0.692 bits per heavy atom. The zero-order valence-electron chi connectivity index (χ0n) is 11.6. The summed E-state index contributed by atoms with van der Waals surface area (Å²) in [6, 6.07) is -23.1. The van der Waals surface area contributed by atoms with E-state index in [1.807, 2.05) is 0 Å². The van der Waals surface area contributed by atoms with E-state index in [0.29, 0.717) is 0 Å². The number of carboxylic acid groups (broad SMARTS) is 1. The van der Waals surface area contributed by atoms with Gasteiger partial charge in [0.1, 0.15) is 0 Å². The first-order valence-corrected chi connectivity index (χ1v) is 5.24. The van der Waals surface area contributed by atoms with Gasteiger partial charge in [-0.05, 0) is 0 Å². The molecule has 0 aromatic heterocycles. The van der Waals surface area contributed by atoms with Crippen molar-refractivity contribution in [1.29, 1.82) is 0 Å². The fraction of sp³-hybridized carbons (Fsp3) is 0.875. The van der Waals surface area contributed by atoms with E-state index in [-0.39, 0.29) is 29.6 Å². The van der Waals surface area contributed by atoms with E-state index >= 15 is 0 Å². The number of piperidine rings is 1. The quantitative estimate of drug-likeness (QED) is 0.423. The predicted octanol–water partition coefficient (Wildman–Crippen LogP) is 3.33. The Morgan fingerprint density at radius 3 is 1.19 bits per heavy atom. The summed E-state index contributed by atoms with van der Waals surface area (Å²) in [5.41, 5.74) is 0. The topological polar surface area (TPSA) is 40.5 Å². The average molecular weight is 432 g/mol. The third kappa shape index (κ3) is 2.52. The van der Waals surface area contributed by atoms with Crippen molar-refractivity contribution in [3.8, 4) is 0 Å². The largest absolute Gasteiger partial charge is 0.477 e. The van der Waals surface area contributed by atoms with Gasteiger partial charge in [0.2, 0.25) is 0 Å². The third-order valence-electron chi connectivity index (χ3n) is 3.03. The Morgan fingerprint density at radius 2 is 0.962 bits per heavy atom. The van der Waals surface area contributed by atoms with E-state index in [0.717, 1.165) is 0 Å². The molecule has 0 aromatic rings. The first-order chi connectivity index (χ1) is 10.6. The second kappa shape index (κ2) is 5.97. The van der Waals surface area contributed by atoms with Gasteiger partial charge in [-0.2, -0.15) is 61.5 Å². The Bertz CT molecular complexity index is 559. The summed E-state index contributed by atoms with van der Waals surface area (Å²) in [5.74, 6) is -34.4. The van der Waals surface area contributed by atoms with Crippen LogP contribution in [-0.2, 0) is 4.79 Å². The molecular weight excluding hydrogens is 431 g/mol. The molecule has 1 aliphatic heterocycles. The van der Waals surface area contributed by atoms with E-state index in [1.54, 1.807) is 0 Å². The Kier molecular flexibility index (Phi) is 5.85. The summed E-state index contributed by atoms with van der Waals surface area (Å²) in [7, 11) is 0. The van der Waals surface area contributed by atoms with Gasteiger partial charge in [-0.15, -0.1) is 4.90 Å². The van der Waals surface area contributed by atoms with E-state index in [2.05, 4.69) is 0 Å². The van der Waals surface area contributed by atoms with Crippen LogP contribution >= 0.6 is 0 Å². The van der Waals surface area contributed by atoms with Crippen LogP contribution < -0.4 is 0 Å². The van der Waals surface area contributed by atoms with Crippen molar-refractivity contribution in [2.45, 2.75) is 41.8 Å². The fourth-order valence-electron chi connectivity index (χ4n) is 1.65. The summed E-state index contributed by atoms with van der Waals surface area (Å²) in [6.45, 7) is 0. The number of aliphatic carboxylic acids is 1. The van der Waals surface area contributed by atoms with Crippen LogP contribution in [0, 0.1) is 0 Å². The summed E-state index contributed by atoms with van der Waals surface area (Å²) >= 11 is 0. The van der Waals surface area contributed by atoms with Gasteiger partial charge in [-0.1, -0.05) is 0 Å². The Labute approximate surface area is 154 Å². The van der Waals surface area contributed by atoms with Gasteiger partial charge >= 0.3 is 47.8 Å². The molecule has 3 nitrogen and oxygen atoms in total. The maximum atomic E-state index is 13.2. The molecule has 1 aliphatic rings. The van der Waals surface area contributed by atoms with Crippen molar-refractivity contribution in [3.05, 3.63) is 0 Å². The molecule has 1 saturated heterocycles. The standard InChI is InChI=1S/C8HF14NO2.Na/c9-2(10,1(24)25)6(17,18)23-7(19,20)4(13,14)3(11,12)5(15,16)8(23,21)22;/h(H,24,25);. The maximum absolute atomic E-state index is 13.2. The van der Waals surface area contributed by atoms with Gasteiger partial charge < -0.3 is 5.11 Å². The molecule has 26 heavy (non-hydrogen) atoms. The molecule has 0 bridgehead atoms. The van der Waals surface area contributed by atoms with Gasteiger partial charge in [0.05, 0.1) is 0 Å². The summed E-state index contributed by atoms with van der Waals surface area (Å²) in [4.78, 5) is 5.70. The number of carboxylic acids is 1. The molecule has 1 heterocycles. The number of halogens is 14. The Hall–Kier alpha value is -0.550. The van der Waals surface area contributed by atoms with Crippen molar-refractivity contribution < 1.29 is 71.4 Å². The number of rotatable bonds is 3. The van der Waals surface area contributed by atoms with E-state index in [4.69, 9.17) is 5.11 Å². The summed E-state index contributed by atoms with van der Waals surface area (Å²) in [5, 5.41) is 7.74. The third-order valence-corrected chi connectivity index (χ3v) is 3.03. The van der Waals surface area contributed by atoms with Crippen molar-refractivity contribution in [3.63, 3.8) is 0 Å². The predicted molar refractivity (Wildman–Crippen MR) is 49.9 cm³/mol. The molecule has 1 fully saturated rings. The van der Waals surface area contributed by atoms with Crippen molar-refractivity contribution in [2.75, 3.05) is 0 Å². The number of nitrogens with zero attached hydrogens (tertiary/aromatic N) is 1. The summed E-state index contributed by atoms with van der Waals surface area (Å²) in [6.07, 6.45) is 0. The molecule has 1 radical (unpaired) electrons. The average Bonchev–Trinajstić information content (AvgIpc) is 2.34. The smallest absolute Gasteiger partial charge is 0.419 e. The van der Waals surface area contributed by atoms with Gasteiger partial charge in [-0.25, -0.2) is 4.79 Å². The van der Waals surface area contributed by atoms with Gasteiger partial charge in [0.25, 0.3) is 0 Å². The molecule has 0 amide bonds. The Balaban J connectivity index is 0.00000625. The number of alkyl halides is 14. The molecule has 0 saturated carbocycles. The fourth-order valence-corrected chi connectivity index (χ4v) is 1.65. The minimum Gasteiger partial charge on any atom is -0.477 e. The first kappa shape index (κ1) is 25.4. The normalized spacial score (nSPS) is 26.7. The van der Waals surface area contributed by atoms with E-state index < -0.39 is 52.7 Å². The maximum Gasteiger partial charge on any atom is 0.419 e. The zero-order valence-corrected chi connectivity index (χ0v) is 13.6. The number of likely N-dealkylation sites (tertiary alicyclic amines) is 1. The number of hydrogen-bond acceptors (Lipinski definition) is 2. The SMILES string of the molecule is O=C(O)C(F)(F)C(F)(F)N1C(F)(F)C(F)(F)C(F)(F)C(F)(F)C1(F)F.[Na]. The van der Waals surface area contributed by atoms with Gasteiger partial charge in [-0.3, -0.25) is 0 Å². The second-order valence-corrected chi connectivity index (χ2v) is 4.56. The molecule has 1 N–H and O–H groups in total. The molecule has 0 aromatic carbocycles. The molecule has 0 spiro atoms.